The van der Waals surface area contributed by atoms with Gasteiger partial charge in [0.1, 0.15) is 10.8 Å². The summed E-state index contributed by atoms with van der Waals surface area (Å²) in [5, 5.41) is 1.27. The van der Waals surface area contributed by atoms with E-state index in [4.69, 9.17) is 11.6 Å². The van der Waals surface area contributed by atoms with Crippen molar-refractivity contribution >= 4 is 55.6 Å². The van der Waals surface area contributed by atoms with Crippen LogP contribution >= 0.6 is 38.9 Å². The number of rotatable bonds is 1. The van der Waals surface area contributed by atoms with Crippen molar-refractivity contribution in [1.82, 2.24) is 0 Å². The molecule has 1 atom stereocenters. The molecule has 1 aromatic rings. The van der Waals surface area contributed by atoms with Gasteiger partial charge in [0, 0.05) is 12.5 Å². The maximum absolute atomic E-state index is 11.8. The summed E-state index contributed by atoms with van der Waals surface area (Å²) >= 11 is 10.8. The van der Waals surface area contributed by atoms with Crippen molar-refractivity contribution in [2.24, 2.45) is 0 Å². The second-order valence-corrected chi connectivity index (χ2v) is 6.55. The highest BCUT2D eigenvalue weighted by Gasteiger charge is 2.33. The second-order valence-electron chi connectivity index (χ2n) is 3.74. The third-order valence-corrected chi connectivity index (χ3v) is 4.48. The van der Waals surface area contributed by atoms with E-state index in [1.165, 1.54) is 11.3 Å². The molecule has 2 heterocycles. The van der Waals surface area contributed by atoms with Gasteiger partial charge in [0.05, 0.1) is 15.2 Å². The quantitative estimate of drug-likeness (QED) is 0.744. The van der Waals surface area contributed by atoms with Crippen molar-refractivity contribution in [1.29, 1.82) is 0 Å². The summed E-state index contributed by atoms with van der Waals surface area (Å²) in [5.41, 5.74) is 0. The standard InChI is InChI=1S/C10H9BrClNO2S/c1-5-2-6(14)3-9(15)13(5)10-7(12)4-8(11)16-10/h4-5H,2-3H2,1H3. The van der Waals surface area contributed by atoms with Crippen LogP contribution in [0.2, 0.25) is 5.02 Å². The predicted octanol–water partition coefficient (Wildman–Crippen LogP) is 3.25. The summed E-state index contributed by atoms with van der Waals surface area (Å²) in [4.78, 5) is 24.7. The molecule has 0 radical (unpaired) electrons. The lowest BCUT2D eigenvalue weighted by Crippen LogP contribution is -2.45. The van der Waals surface area contributed by atoms with Crippen LogP contribution < -0.4 is 4.90 Å². The Balaban J connectivity index is 2.36. The normalized spacial score (nSPS) is 21.7. The van der Waals surface area contributed by atoms with Gasteiger partial charge in [0.2, 0.25) is 5.91 Å². The minimum absolute atomic E-state index is 0.000458. The highest BCUT2D eigenvalue weighted by Crippen LogP contribution is 2.40. The SMILES string of the molecule is CC1CC(=O)CC(=O)N1c1sc(Br)cc1Cl. The Morgan fingerprint density at radius 2 is 2.25 bits per heavy atom. The van der Waals surface area contributed by atoms with Gasteiger partial charge in [-0.2, -0.15) is 0 Å². The highest BCUT2D eigenvalue weighted by molar-refractivity contribution is 9.11. The summed E-state index contributed by atoms with van der Waals surface area (Å²) in [6.07, 6.45) is 0.383. The molecule has 0 aliphatic carbocycles. The fraction of sp³-hybridized carbons (Fsp3) is 0.400. The van der Waals surface area contributed by atoms with E-state index in [2.05, 4.69) is 15.9 Å². The fourth-order valence-electron chi connectivity index (χ4n) is 1.80. The first-order valence-corrected chi connectivity index (χ1v) is 6.76. The van der Waals surface area contributed by atoms with Gasteiger partial charge >= 0.3 is 0 Å². The number of hydrogen-bond donors (Lipinski definition) is 0. The van der Waals surface area contributed by atoms with Crippen molar-refractivity contribution in [3.05, 3.63) is 14.9 Å². The average molecular weight is 323 g/mol. The monoisotopic (exact) mass is 321 g/mol. The number of carbonyl (C=O) groups excluding carboxylic acids is 2. The van der Waals surface area contributed by atoms with Crippen molar-refractivity contribution in [3.8, 4) is 0 Å². The van der Waals surface area contributed by atoms with Crippen molar-refractivity contribution in [3.63, 3.8) is 0 Å². The molecule has 6 heteroatoms. The van der Waals surface area contributed by atoms with Crippen LogP contribution in [0, 0.1) is 0 Å². The maximum Gasteiger partial charge on any atom is 0.235 e. The maximum atomic E-state index is 11.8. The number of anilines is 1. The van der Waals surface area contributed by atoms with Crippen molar-refractivity contribution in [2.45, 2.75) is 25.8 Å². The summed E-state index contributed by atoms with van der Waals surface area (Å²) in [7, 11) is 0. The molecule has 1 aliphatic heterocycles. The van der Waals surface area contributed by atoms with Crippen LogP contribution in [0.1, 0.15) is 19.8 Å². The number of nitrogens with zero attached hydrogens (tertiary/aromatic N) is 1. The Morgan fingerprint density at radius 3 is 2.75 bits per heavy atom. The summed E-state index contributed by atoms with van der Waals surface area (Å²) in [6, 6.07) is 1.65. The molecule has 3 nitrogen and oxygen atoms in total. The Bertz CT molecular complexity index is 460. The number of Topliss-reactive ketones (excluding diaryl/α,β-unsaturated/α-hetero) is 1. The second kappa shape index (κ2) is 4.47. The Hall–Kier alpha value is -0.390. The van der Waals surface area contributed by atoms with E-state index in [9.17, 15) is 9.59 Å². The van der Waals surface area contributed by atoms with Crippen LogP contribution in [0.5, 0.6) is 0 Å². The first-order valence-electron chi connectivity index (χ1n) is 4.77. The van der Waals surface area contributed by atoms with E-state index in [0.717, 1.165) is 8.79 Å². The molecule has 2 rings (SSSR count). The zero-order chi connectivity index (χ0) is 11.9. The number of ketones is 1. The van der Waals surface area contributed by atoms with Gasteiger partial charge in [-0.05, 0) is 28.9 Å². The predicted molar refractivity (Wildman–Crippen MR) is 68.2 cm³/mol. The van der Waals surface area contributed by atoms with Gasteiger partial charge in [0.25, 0.3) is 0 Å². The smallest absolute Gasteiger partial charge is 0.235 e. The van der Waals surface area contributed by atoms with Gasteiger partial charge in [-0.1, -0.05) is 11.6 Å². The van der Waals surface area contributed by atoms with Gasteiger partial charge in [-0.25, -0.2) is 0 Å². The Kier molecular flexibility index (Phi) is 3.37. The highest BCUT2D eigenvalue weighted by atomic mass is 79.9. The van der Waals surface area contributed by atoms with E-state index >= 15 is 0 Å². The molecule has 1 unspecified atom stereocenters. The van der Waals surface area contributed by atoms with E-state index in [0.29, 0.717) is 11.4 Å². The third kappa shape index (κ3) is 2.17. The van der Waals surface area contributed by atoms with Gasteiger partial charge in [-0.3, -0.25) is 14.5 Å². The van der Waals surface area contributed by atoms with Crippen molar-refractivity contribution < 1.29 is 9.59 Å². The molecule has 0 N–H and O–H groups in total. The third-order valence-electron chi connectivity index (χ3n) is 2.44. The summed E-state index contributed by atoms with van der Waals surface area (Å²) < 4.78 is 0.879. The minimum atomic E-state index is -0.167. The molecule has 1 fully saturated rings. The molecular weight excluding hydrogens is 314 g/mol. The van der Waals surface area contributed by atoms with Crippen molar-refractivity contribution in [2.75, 3.05) is 4.90 Å². The van der Waals surface area contributed by atoms with Crippen LogP contribution in [0.15, 0.2) is 9.85 Å². The number of thiophene rings is 1. The fourth-order valence-corrected chi connectivity index (χ4v) is 3.90. The van der Waals surface area contributed by atoms with Crippen LogP contribution in [-0.2, 0) is 9.59 Å². The largest absolute Gasteiger partial charge is 0.299 e. The number of piperidine rings is 1. The van der Waals surface area contributed by atoms with Gasteiger partial charge in [-0.15, -0.1) is 11.3 Å². The Morgan fingerprint density at radius 1 is 1.56 bits per heavy atom. The lowest BCUT2D eigenvalue weighted by atomic mass is 10.0. The molecule has 1 aliphatic rings. The molecular formula is C10H9BrClNO2S. The minimum Gasteiger partial charge on any atom is -0.299 e. The first-order chi connectivity index (χ1) is 7.49. The molecule has 0 aromatic carbocycles. The lowest BCUT2D eigenvalue weighted by Gasteiger charge is -2.31. The van der Waals surface area contributed by atoms with E-state index in [1.807, 2.05) is 6.92 Å². The van der Waals surface area contributed by atoms with Gasteiger partial charge < -0.3 is 0 Å². The summed E-state index contributed by atoms with van der Waals surface area (Å²) in [5.74, 6) is -0.166. The van der Waals surface area contributed by atoms with Crippen LogP contribution in [0.25, 0.3) is 0 Å². The topological polar surface area (TPSA) is 37.4 Å². The molecule has 86 valence electrons. The molecule has 16 heavy (non-hydrogen) atoms. The molecule has 0 spiro atoms. The summed E-state index contributed by atoms with van der Waals surface area (Å²) in [6.45, 7) is 1.86. The van der Waals surface area contributed by atoms with Crippen LogP contribution in [0.3, 0.4) is 0 Å². The molecule has 0 saturated carbocycles. The van der Waals surface area contributed by atoms with Crippen LogP contribution in [0.4, 0.5) is 5.00 Å². The van der Waals surface area contributed by atoms with Gasteiger partial charge in [0.15, 0.2) is 0 Å². The van der Waals surface area contributed by atoms with Crippen LogP contribution in [-0.4, -0.2) is 17.7 Å². The number of carbonyl (C=O) groups is 2. The number of hydrogen-bond acceptors (Lipinski definition) is 3. The molecule has 0 bridgehead atoms. The average Bonchev–Trinajstić information content (AvgIpc) is 2.43. The first kappa shape index (κ1) is 12.1. The van der Waals surface area contributed by atoms with E-state index in [-0.39, 0.29) is 24.2 Å². The Labute approximate surface area is 111 Å². The van der Waals surface area contributed by atoms with E-state index in [1.54, 1.807) is 11.0 Å². The molecule has 1 aromatic heterocycles. The zero-order valence-electron chi connectivity index (χ0n) is 8.50. The lowest BCUT2D eigenvalue weighted by molar-refractivity contribution is -0.129. The number of amides is 1. The number of halogens is 2. The zero-order valence-corrected chi connectivity index (χ0v) is 11.7. The molecule has 1 saturated heterocycles. The molecule has 1 amide bonds. The van der Waals surface area contributed by atoms with E-state index < -0.39 is 0 Å².